The van der Waals surface area contributed by atoms with Gasteiger partial charge >= 0.3 is 0 Å². The highest BCUT2D eigenvalue weighted by Gasteiger charge is 2.27. The highest BCUT2D eigenvalue weighted by atomic mass is 16.2. The fraction of sp³-hybridized carbons (Fsp3) is 0.611. The molecular formula is C18H27N3O. The highest BCUT2D eigenvalue weighted by Crippen LogP contribution is 2.27. The van der Waals surface area contributed by atoms with Crippen LogP contribution < -0.4 is 10.2 Å². The number of carbonyl (C=O) groups is 1. The van der Waals surface area contributed by atoms with Crippen LogP contribution in [-0.2, 0) is 11.3 Å². The summed E-state index contributed by atoms with van der Waals surface area (Å²) < 4.78 is 0. The number of nitrogens with one attached hydrogen (secondary N) is 1. The van der Waals surface area contributed by atoms with Gasteiger partial charge in [-0.05, 0) is 50.4 Å². The fourth-order valence-corrected chi connectivity index (χ4v) is 3.72. The van der Waals surface area contributed by atoms with Crippen molar-refractivity contribution < 1.29 is 4.79 Å². The Balaban J connectivity index is 1.68. The number of anilines is 1. The molecule has 0 saturated carbocycles. The van der Waals surface area contributed by atoms with Crippen LogP contribution in [0.4, 0.5) is 5.69 Å². The van der Waals surface area contributed by atoms with Crippen molar-refractivity contribution in [3.63, 3.8) is 0 Å². The van der Waals surface area contributed by atoms with Crippen LogP contribution in [0.2, 0.25) is 0 Å². The lowest BCUT2D eigenvalue weighted by molar-refractivity contribution is -0.133. The topological polar surface area (TPSA) is 35.6 Å². The van der Waals surface area contributed by atoms with E-state index in [4.69, 9.17) is 0 Å². The minimum atomic E-state index is 0.256. The summed E-state index contributed by atoms with van der Waals surface area (Å²) in [6, 6.07) is 8.69. The molecule has 0 aliphatic carbocycles. The number of hydrogen-bond donors (Lipinski definition) is 1. The van der Waals surface area contributed by atoms with Crippen LogP contribution in [0, 0.1) is 5.92 Å². The van der Waals surface area contributed by atoms with Crippen LogP contribution in [0.1, 0.15) is 31.7 Å². The van der Waals surface area contributed by atoms with Crippen LogP contribution in [-0.4, -0.2) is 43.5 Å². The Morgan fingerprint density at radius 3 is 2.95 bits per heavy atom. The van der Waals surface area contributed by atoms with Gasteiger partial charge in [0.15, 0.2) is 0 Å². The maximum Gasteiger partial charge on any atom is 0.223 e. The van der Waals surface area contributed by atoms with Crippen molar-refractivity contribution in [2.45, 2.75) is 38.8 Å². The summed E-state index contributed by atoms with van der Waals surface area (Å²) in [7, 11) is 2.12. The maximum atomic E-state index is 12.7. The Labute approximate surface area is 133 Å². The third-order valence-corrected chi connectivity index (χ3v) is 5.06. The van der Waals surface area contributed by atoms with Crippen molar-refractivity contribution >= 4 is 11.6 Å². The van der Waals surface area contributed by atoms with Gasteiger partial charge in [-0.3, -0.25) is 4.79 Å². The third kappa shape index (κ3) is 3.27. The Morgan fingerprint density at radius 1 is 1.36 bits per heavy atom. The number of likely N-dealkylation sites (N-methyl/N-ethyl adjacent to an activating group) is 1. The number of hydrogen-bond acceptors (Lipinski definition) is 3. The molecule has 0 aromatic heterocycles. The zero-order valence-electron chi connectivity index (χ0n) is 13.7. The molecule has 120 valence electrons. The third-order valence-electron chi connectivity index (χ3n) is 5.06. The summed E-state index contributed by atoms with van der Waals surface area (Å²) in [5, 5.41) is 3.38. The molecule has 2 aliphatic heterocycles. The number of carbonyl (C=O) groups excluding carboxylic acids is 1. The monoisotopic (exact) mass is 301 g/mol. The molecule has 2 heterocycles. The summed E-state index contributed by atoms with van der Waals surface area (Å²) in [5.74, 6) is 0.991. The Morgan fingerprint density at radius 2 is 2.18 bits per heavy atom. The molecule has 22 heavy (non-hydrogen) atoms. The Bertz CT molecular complexity index is 525. The van der Waals surface area contributed by atoms with E-state index in [2.05, 4.69) is 53.4 Å². The normalized spacial score (nSPS) is 25.0. The number of nitrogens with zero attached hydrogens (tertiary/aromatic N) is 2. The molecular weight excluding hydrogens is 274 g/mol. The van der Waals surface area contributed by atoms with Crippen molar-refractivity contribution in [2.75, 3.05) is 31.6 Å². The van der Waals surface area contributed by atoms with E-state index in [0.717, 1.165) is 32.6 Å². The average Bonchev–Trinajstić information content (AvgIpc) is 2.99. The van der Waals surface area contributed by atoms with E-state index in [1.807, 2.05) is 0 Å². The van der Waals surface area contributed by atoms with Crippen LogP contribution in [0.5, 0.6) is 0 Å². The second-order valence-electron chi connectivity index (χ2n) is 6.78. The SMILES string of the molecule is CC1CN(C)c2ccccc2CN1C(=O)CCC1CCNC1. The lowest BCUT2D eigenvalue weighted by Crippen LogP contribution is -2.42. The quantitative estimate of drug-likeness (QED) is 0.930. The summed E-state index contributed by atoms with van der Waals surface area (Å²) in [4.78, 5) is 17.1. The summed E-state index contributed by atoms with van der Waals surface area (Å²) in [5.41, 5.74) is 2.51. The van der Waals surface area contributed by atoms with E-state index in [9.17, 15) is 4.79 Å². The fourth-order valence-electron chi connectivity index (χ4n) is 3.72. The van der Waals surface area contributed by atoms with Gasteiger partial charge in [-0.1, -0.05) is 18.2 Å². The largest absolute Gasteiger partial charge is 0.372 e. The predicted molar refractivity (Wildman–Crippen MR) is 89.9 cm³/mol. The molecule has 0 radical (unpaired) electrons. The van der Waals surface area contributed by atoms with Gasteiger partial charge in [-0.15, -0.1) is 0 Å². The smallest absolute Gasteiger partial charge is 0.223 e. The number of benzene rings is 1. The van der Waals surface area contributed by atoms with E-state index in [0.29, 0.717) is 18.2 Å². The molecule has 4 heteroatoms. The lowest BCUT2D eigenvalue weighted by atomic mass is 10.0. The van der Waals surface area contributed by atoms with E-state index in [1.165, 1.54) is 17.7 Å². The minimum absolute atomic E-state index is 0.256. The molecule has 1 fully saturated rings. The first-order valence-electron chi connectivity index (χ1n) is 8.44. The van der Waals surface area contributed by atoms with Crippen molar-refractivity contribution in [3.05, 3.63) is 29.8 Å². The molecule has 0 bridgehead atoms. The minimum Gasteiger partial charge on any atom is -0.372 e. The number of amides is 1. The number of para-hydroxylation sites is 1. The second-order valence-corrected chi connectivity index (χ2v) is 6.78. The molecule has 1 aromatic rings. The molecule has 3 rings (SSSR count). The molecule has 2 unspecified atom stereocenters. The molecule has 1 saturated heterocycles. The molecule has 1 aromatic carbocycles. The predicted octanol–water partition coefficient (Wildman–Crippen LogP) is 2.24. The molecule has 4 nitrogen and oxygen atoms in total. The van der Waals surface area contributed by atoms with E-state index in [1.54, 1.807) is 0 Å². The zero-order valence-corrected chi connectivity index (χ0v) is 13.7. The van der Waals surface area contributed by atoms with Crippen molar-refractivity contribution in [2.24, 2.45) is 5.92 Å². The second kappa shape index (κ2) is 6.69. The first-order valence-corrected chi connectivity index (χ1v) is 8.44. The van der Waals surface area contributed by atoms with Gasteiger partial charge in [-0.2, -0.15) is 0 Å². The zero-order chi connectivity index (χ0) is 15.5. The van der Waals surface area contributed by atoms with E-state index < -0.39 is 0 Å². The van der Waals surface area contributed by atoms with Gasteiger partial charge in [0.05, 0.1) is 0 Å². The maximum absolute atomic E-state index is 12.7. The van der Waals surface area contributed by atoms with Crippen LogP contribution in [0.15, 0.2) is 24.3 Å². The molecule has 2 aliphatic rings. The lowest BCUT2D eigenvalue weighted by Gasteiger charge is -2.29. The Hall–Kier alpha value is -1.55. The summed E-state index contributed by atoms with van der Waals surface area (Å²) in [6.45, 7) is 5.99. The van der Waals surface area contributed by atoms with E-state index in [-0.39, 0.29) is 6.04 Å². The van der Waals surface area contributed by atoms with Gasteiger partial charge in [0.1, 0.15) is 0 Å². The van der Waals surface area contributed by atoms with E-state index >= 15 is 0 Å². The Kier molecular flexibility index (Phi) is 4.67. The molecule has 2 atom stereocenters. The van der Waals surface area contributed by atoms with Gasteiger partial charge in [0.2, 0.25) is 5.91 Å². The van der Waals surface area contributed by atoms with Gasteiger partial charge in [-0.25, -0.2) is 0 Å². The van der Waals surface area contributed by atoms with Crippen LogP contribution >= 0.6 is 0 Å². The first-order chi connectivity index (χ1) is 10.6. The molecule has 1 N–H and O–H groups in total. The number of fused-ring (bicyclic) bond motifs is 1. The summed E-state index contributed by atoms with van der Waals surface area (Å²) >= 11 is 0. The van der Waals surface area contributed by atoms with Crippen LogP contribution in [0.3, 0.4) is 0 Å². The highest BCUT2D eigenvalue weighted by molar-refractivity contribution is 5.77. The van der Waals surface area contributed by atoms with Crippen LogP contribution in [0.25, 0.3) is 0 Å². The number of rotatable bonds is 3. The summed E-state index contributed by atoms with van der Waals surface area (Å²) in [6.07, 6.45) is 2.92. The first kappa shape index (κ1) is 15.3. The van der Waals surface area contributed by atoms with Gasteiger partial charge < -0.3 is 15.1 Å². The van der Waals surface area contributed by atoms with Crippen molar-refractivity contribution in [3.8, 4) is 0 Å². The van der Waals surface area contributed by atoms with Crippen molar-refractivity contribution in [1.82, 2.24) is 10.2 Å². The molecule has 1 amide bonds. The average molecular weight is 301 g/mol. The molecule has 0 spiro atoms. The van der Waals surface area contributed by atoms with Crippen molar-refractivity contribution in [1.29, 1.82) is 0 Å². The standard InChI is InChI=1S/C18H27N3O/c1-14-12-20(2)17-6-4-3-5-16(17)13-21(14)18(22)8-7-15-9-10-19-11-15/h3-6,14-15,19H,7-13H2,1-2H3. The van der Waals surface area contributed by atoms with Gasteiger partial charge in [0.25, 0.3) is 0 Å². The van der Waals surface area contributed by atoms with Gasteiger partial charge in [0, 0.05) is 38.3 Å².